The summed E-state index contributed by atoms with van der Waals surface area (Å²) in [6.07, 6.45) is 4.11. The van der Waals surface area contributed by atoms with Crippen LogP contribution in [0.3, 0.4) is 0 Å². The second-order valence-corrected chi connectivity index (χ2v) is 4.93. The fourth-order valence-electron chi connectivity index (χ4n) is 2.29. The Morgan fingerprint density at radius 2 is 1.69 bits per heavy atom. The molecule has 3 unspecified atom stereocenters. The number of aliphatic hydroxyl groups is 1. The first-order chi connectivity index (χ1) is 7.60. The minimum Gasteiger partial charge on any atom is -0.391 e. The summed E-state index contributed by atoms with van der Waals surface area (Å²) in [5.74, 6) is 0.725. The summed E-state index contributed by atoms with van der Waals surface area (Å²) in [4.78, 5) is 2.45. The summed E-state index contributed by atoms with van der Waals surface area (Å²) in [5, 5.41) is 10.2. The number of rotatable bonds is 9. The van der Waals surface area contributed by atoms with Crippen LogP contribution in [-0.2, 0) is 0 Å². The Kier molecular flexibility index (Phi) is 8.96. The molecule has 3 atom stereocenters. The fourth-order valence-corrected chi connectivity index (χ4v) is 2.29. The number of nitrogens with zero attached hydrogens (tertiary/aromatic N) is 1. The monoisotopic (exact) mass is 229 g/mol. The third kappa shape index (κ3) is 5.31. The van der Waals surface area contributed by atoms with Gasteiger partial charge < -0.3 is 5.11 Å². The van der Waals surface area contributed by atoms with E-state index in [1.54, 1.807) is 0 Å². The van der Waals surface area contributed by atoms with Crippen molar-refractivity contribution in [2.45, 2.75) is 72.4 Å². The van der Waals surface area contributed by atoms with E-state index in [0.717, 1.165) is 38.3 Å². The summed E-state index contributed by atoms with van der Waals surface area (Å²) in [7, 11) is 0. The van der Waals surface area contributed by atoms with Gasteiger partial charge in [-0.05, 0) is 25.3 Å². The quantitative estimate of drug-likeness (QED) is 0.656. The molecule has 0 aromatic rings. The molecule has 2 heteroatoms. The predicted octanol–water partition coefficient (Wildman–Crippen LogP) is 3.29. The van der Waals surface area contributed by atoms with Crippen LogP contribution in [0.5, 0.6) is 0 Å². The third-order valence-electron chi connectivity index (χ3n) is 3.57. The Bertz CT molecular complexity index is 161. The third-order valence-corrected chi connectivity index (χ3v) is 3.57. The smallest absolute Gasteiger partial charge is 0.0695 e. The van der Waals surface area contributed by atoms with Gasteiger partial charge in [0.1, 0.15) is 0 Å². The van der Waals surface area contributed by atoms with E-state index in [0.29, 0.717) is 6.04 Å². The SMILES string of the molecule is CCCC(O)C(CC)N(CC)CC(C)CC. The van der Waals surface area contributed by atoms with E-state index >= 15 is 0 Å². The summed E-state index contributed by atoms with van der Waals surface area (Å²) in [6.45, 7) is 13.2. The van der Waals surface area contributed by atoms with Gasteiger partial charge in [0.15, 0.2) is 0 Å². The molecule has 0 aliphatic heterocycles. The molecule has 0 saturated carbocycles. The van der Waals surface area contributed by atoms with Crippen molar-refractivity contribution in [3.63, 3.8) is 0 Å². The van der Waals surface area contributed by atoms with Crippen LogP contribution >= 0.6 is 0 Å². The van der Waals surface area contributed by atoms with Crippen LogP contribution < -0.4 is 0 Å². The lowest BCUT2D eigenvalue weighted by Gasteiger charge is -2.35. The van der Waals surface area contributed by atoms with Gasteiger partial charge in [-0.2, -0.15) is 0 Å². The van der Waals surface area contributed by atoms with Crippen molar-refractivity contribution in [1.29, 1.82) is 0 Å². The fraction of sp³-hybridized carbons (Fsp3) is 1.00. The van der Waals surface area contributed by atoms with Gasteiger partial charge in [-0.15, -0.1) is 0 Å². The van der Waals surface area contributed by atoms with Crippen LogP contribution in [0.2, 0.25) is 0 Å². The lowest BCUT2D eigenvalue weighted by molar-refractivity contribution is 0.0360. The van der Waals surface area contributed by atoms with Crippen LogP contribution in [0.15, 0.2) is 0 Å². The highest BCUT2D eigenvalue weighted by Gasteiger charge is 2.23. The molecule has 0 aromatic carbocycles. The molecule has 0 rings (SSSR count). The average molecular weight is 229 g/mol. The number of likely N-dealkylation sites (N-methyl/N-ethyl adjacent to an activating group) is 1. The first-order valence-corrected chi connectivity index (χ1v) is 7.02. The van der Waals surface area contributed by atoms with Gasteiger partial charge in [0.2, 0.25) is 0 Å². The zero-order valence-electron chi connectivity index (χ0n) is 11.9. The van der Waals surface area contributed by atoms with Gasteiger partial charge in [0.05, 0.1) is 6.10 Å². The average Bonchev–Trinajstić information content (AvgIpc) is 2.28. The maximum Gasteiger partial charge on any atom is 0.0695 e. The van der Waals surface area contributed by atoms with E-state index in [-0.39, 0.29) is 6.10 Å². The minimum absolute atomic E-state index is 0.154. The topological polar surface area (TPSA) is 23.5 Å². The maximum atomic E-state index is 10.2. The lowest BCUT2D eigenvalue weighted by atomic mass is 10.00. The molecule has 0 fully saturated rings. The second-order valence-electron chi connectivity index (χ2n) is 4.93. The highest BCUT2D eigenvalue weighted by molar-refractivity contribution is 4.78. The standard InChI is InChI=1S/C14H31NO/c1-6-10-14(16)13(8-3)15(9-4)11-12(5)7-2/h12-14,16H,6-11H2,1-5H3. The molecular formula is C14H31NO. The maximum absolute atomic E-state index is 10.2. The Morgan fingerprint density at radius 1 is 1.06 bits per heavy atom. The molecule has 0 radical (unpaired) electrons. The first-order valence-electron chi connectivity index (χ1n) is 7.02. The molecule has 0 spiro atoms. The molecule has 0 saturated heterocycles. The van der Waals surface area contributed by atoms with Gasteiger partial charge in [-0.1, -0.05) is 47.5 Å². The van der Waals surface area contributed by atoms with Gasteiger partial charge >= 0.3 is 0 Å². The lowest BCUT2D eigenvalue weighted by Crippen LogP contribution is -2.45. The van der Waals surface area contributed by atoms with E-state index in [4.69, 9.17) is 0 Å². The van der Waals surface area contributed by atoms with Crippen LogP contribution in [-0.4, -0.2) is 35.2 Å². The molecule has 0 heterocycles. The van der Waals surface area contributed by atoms with Gasteiger partial charge in [-0.3, -0.25) is 4.90 Å². The van der Waals surface area contributed by atoms with E-state index in [1.165, 1.54) is 6.42 Å². The predicted molar refractivity (Wildman–Crippen MR) is 71.7 cm³/mol. The summed E-state index contributed by atoms with van der Waals surface area (Å²) in [6, 6.07) is 0.346. The number of hydrogen-bond donors (Lipinski definition) is 1. The van der Waals surface area contributed by atoms with Gasteiger partial charge in [-0.25, -0.2) is 0 Å². The molecule has 16 heavy (non-hydrogen) atoms. The highest BCUT2D eigenvalue weighted by atomic mass is 16.3. The zero-order chi connectivity index (χ0) is 12.6. The second kappa shape index (κ2) is 9.00. The Balaban J connectivity index is 4.36. The van der Waals surface area contributed by atoms with Crippen molar-refractivity contribution >= 4 is 0 Å². The van der Waals surface area contributed by atoms with Crippen LogP contribution in [0, 0.1) is 5.92 Å². The van der Waals surface area contributed by atoms with Crippen molar-refractivity contribution in [2.75, 3.05) is 13.1 Å². The van der Waals surface area contributed by atoms with E-state index in [1.807, 2.05) is 0 Å². The van der Waals surface area contributed by atoms with Gasteiger partial charge in [0.25, 0.3) is 0 Å². The summed E-state index contributed by atoms with van der Waals surface area (Å²) < 4.78 is 0. The molecule has 1 N–H and O–H groups in total. The van der Waals surface area contributed by atoms with Crippen LogP contribution in [0.25, 0.3) is 0 Å². The Morgan fingerprint density at radius 3 is 2.06 bits per heavy atom. The Hall–Kier alpha value is -0.0800. The molecule has 0 aromatic heterocycles. The van der Waals surface area contributed by atoms with Crippen LogP contribution in [0.4, 0.5) is 0 Å². The summed E-state index contributed by atoms with van der Waals surface area (Å²) in [5.41, 5.74) is 0. The molecule has 98 valence electrons. The normalized spacial score (nSPS) is 17.4. The van der Waals surface area contributed by atoms with Crippen molar-refractivity contribution in [3.8, 4) is 0 Å². The molecule has 2 nitrogen and oxygen atoms in total. The highest BCUT2D eigenvalue weighted by Crippen LogP contribution is 2.16. The number of aliphatic hydroxyl groups excluding tert-OH is 1. The largest absolute Gasteiger partial charge is 0.391 e. The molecule has 0 amide bonds. The summed E-state index contributed by atoms with van der Waals surface area (Å²) >= 11 is 0. The van der Waals surface area contributed by atoms with Crippen molar-refractivity contribution < 1.29 is 5.11 Å². The number of hydrogen-bond acceptors (Lipinski definition) is 2. The van der Waals surface area contributed by atoms with E-state index in [2.05, 4.69) is 39.5 Å². The molecular weight excluding hydrogens is 198 g/mol. The van der Waals surface area contributed by atoms with Gasteiger partial charge in [0, 0.05) is 12.6 Å². The molecule has 0 aliphatic rings. The van der Waals surface area contributed by atoms with Crippen molar-refractivity contribution in [2.24, 2.45) is 5.92 Å². The van der Waals surface area contributed by atoms with Crippen LogP contribution in [0.1, 0.15) is 60.3 Å². The Labute approximate surface area is 102 Å². The molecule has 0 bridgehead atoms. The zero-order valence-corrected chi connectivity index (χ0v) is 11.9. The minimum atomic E-state index is -0.154. The van der Waals surface area contributed by atoms with Crippen molar-refractivity contribution in [3.05, 3.63) is 0 Å². The van der Waals surface area contributed by atoms with E-state index in [9.17, 15) is 5.11 Å². The molecule has 0 aliphatic carbocycles. The van der Waals surface area contributed by atoms with E-state index < -0.39 is 0 Å². The first kappa shape index (κ1) is 15.9. The van der Waals surface area contributed by atoms with Crippen molar-refractivity contribution in [1.82, 2.24) is 4.90 Å².